The lowest BCUT2D eigenvalue weighted by Gasteiger charge is -2.22. The molecule has 0 atom stereocenters. The van der Waals surface area contributed by atoms with Crippen molar-refractivity contribution in [2.24, 2.45) is 0 Å². The summed E-state index contributed by atoms with van der Waals surface area (Å²) in [7, 11) is 0. The van der Waals surface area contributed by atoms with Gasteiger partial charge in [0.15, 0.2) is 0 Å². The minimum Gasteiger partial charge on any atom is -0.467 e. The topological polar surface area (TPSA) is 74.6 Å². The summed E-state index contributed by atoms with van der Waals surface area (Å²) in [5.74, 6) is 0.205. The van der Waals surface area contributed by atoms with Crippen molar-refractivity contribution in [3.63, 3.8) is 0 Å². The Balaban J connectivity index is 1.65. The van der Waals surface area contributed by atoms with Crippen LogP contribution in [0.5, 0.6) is 0 Å². The average molecular weight is 377 g/mol. The molecule has 2 N–H and O–H groups in total. The number of amides is 2. The van der Waals surface area contributed by atoms with E-state index in [0.717, 1.165) is 5.69 Å². The first-order valence-electron chi connectivity index (χ1n) is 9.17. The number of likely N-dealkylation sites (N-methyl/N-ethyl adjacent to an activating group) is 1. The van der Waals surface area contributed by atoms with E-state index in [1.54, 1.807) is 42.7 Å². The highest BCUT2D eigenvalue weighted by atomic mass is 16.3. The molecular weight excluding hydrogens is 354 g/mol. The summed E-state index contributed by atoms with van der Waals surface area (Å²) >= 11 is 0. The Morgan fingerprint density at radius 2 is 1.71 bits per heavy atom. The molecule has 0 aliphatic rings. The number of carbonyl (C=O) groups excluding carboxylic acids is 2. The highest BCUT2D eigenvalue weighted by molar-refractivity contribution is 6.04. The maximum atomic E-state index is 12.6. The van der Waals surface area contributed by atoms with Crippen LogP contribution in [0.2, 0.25) is 0 Å². The van der Waals surface area contributed by atoms with Crippen molar-refractivity contribution in [3.05, 3.63) is 84.3 Å². The summed E-state index contributed by atoms with van der Waals surface area (Å²) in [5.41, 5.74) is 1.86. The van der Waals surface area contributed by atoms with Gasteiger partial charge in [0.05, 0.1) is 30.6 Å². The van der Waals surface area contributed by atoms with Gasteiger partial charge in [0.1, 0.15) is 5.76 Å². The molecule has 0 fully saturated rings. The fourth-order valence-electron chi connectivity index (χ4n) is 2.85. The molecule has 0 bridgehead atoms. The Morgan fingerprint density at radius 1 is 0.964 bits per heavy atom. The van der Waals surface area contributed by atoms with Gasteiger partial charge in [-0.3, -0.25) is 9.59 Å². The van der Waals surface area contributed by atoms with Crippen LogP contribution in [0, 0.1) is 0 Å². The van der Waals surface area contributed by atoms with E-state index in [1.807, 2.05) is 42.2 Å². The van der Waals surface area contributed by atoms with E-state index < -0.39 is 0 Å². The molecular formula is C22H23N3O3. The molecule has 2 amide bonds. The lowest BCUT2D eigenvalue weighted by Crippen LogP contribution is -2.33. The highest BCUT2D eigenvalue weighted by Gasteiger charge is 2.15. The fourth-order valence-corrected chi connectivity index (χ4v) is 2.85. The van der Waals surface area contributed by atoms with E-state index in [1.165, 1.54) is 0 Å². The Labute approximate surface area is 164 Å². The van der Waals surface area contributed by atoms with Crippen LogP contribution in [0.15, 0.2) is 77.4 Å². The van der Waals surface area contributed by atoms with Crippen molar-refractivity contribution in [1.82, 2.24) is 5.32 Å². The number of rotatable bonds is 8. The molecule has 0 saturated heterocycles. The van der Waals surface area contributed by atoms with Crippen LogP contribution < -0.4 is 15.5 Å². The molecule has 0 saturated carbocycles. The zero-order chi connectivity index (χ0) is 19.8. The summed E-state index contributed by atoms with van der Waals surface area (Å²) in [5, 5.41) is 5.65. The first-order valence-corrected chi connectivity index (χ1v) is 9.17. The van der Waals surface area contributed by atoms with E-state index in [0.29, 0.717) is 23.6 Å². The van der Waals surface area contributed by atoms with Crippen LogP contribution in [-0.4, -0.2) is 24.9 Å². The number of anilines is 2. The van der Waals surface area contributed by atoms with Crippen LogP contribution in [-0.2, 0) is 11.3 Å². The number of hydrogen-bond donors (Lipinski definition) is 2. The highest BCUT2D eigenvalue weighted by Crippen LogP contribution is 2.17. The van der Waals surface area contributed by atoms with Gasteiger partial charge in [-0.15, -0.1) is 0 Å². The third-order valence-electron chi connectivity index (χ3n) is 4.29. The third kappa shape index (κ3) is 5.01. The number of carbonyl (C=O) groups is 2. The minimum atomic E-state index is -0.275. The average Bonchev–Trinajstić information content (AvgIpc) is 3.25. The third-order valence-corrected chi connectivity index (χ3v) is 4.29. The molecule has 6 heteroatoms. The lowest BCUT2D eigenvalue weighted by atomic mass is 10.1. The summed E-state index contributed by atoms with van der Waals surface area (Å²) in [6.07, 6.45) is 1.56. The molecule has 0 radical (unpaired) electrons. The van der Waals surface area contributed by atoms with Gasteiger partial charge in [-0.25, -0.2) is 0 Å². The predicted octanol–water partition coefficient (Wildman–Crippen LogP) is 3.67. The van der Waals surface area contributed by atoms with Gasteiger partial charge in [-0.1, -0.05) is 30.3 Å². The second-order valence-corrected chi connectivity index (χ2v) is 6.21. The smallest absolute Gasteiger partial charge is 0.253 e. The van der Waals surface area contributed by atoms with Gasteiger partial charge in [0.25, 0.3) is 5.91 Å². The summed E-state index contributed by atoms with van der Waals surface area (Å²) in [6, 6.07) is 20.3. The van der Waals surface area contributed by atoms with Crippen molar-refractivity contribution in [3.8, 4) is 0 Å². The molecule has 6 nitrogen and oxygen atoms in total. The minimum absolute atomic E-state index is 0.183. The van der Waals surface area contributed by atoms with E-state index in [9.17, 15) is 9.59 Å². The van der Waals surface area contributed by atoms with Gasteiger partial charge in [0, 0.05) is 12.2 Å². The molecule has 144 valence electrons. The molecule has 0 aliphatic heterocycles. The van der Waals surface area contributed by atoms with Crippen LogP contribution >= 0.6 is 0 Å². The summed E-state index contributed by atoms with van der Waals surface area (Å²) < 4.78 is 5.22. The SMILES string of the molecule is CCN(CC(=O)Nc1ccccc1C(=O)NCc1ccco1)c1ccccc1. The quantitative estimate of drug-likeness (QED) is 0.628. The maximum Gasteiger partial charge on any atom is 0.253 e. The van der Waals surface area contributed by atoms with Crippen LogP contribution in [0.25, 0.3) is 0 Å². The fraction of sp³-hybridized carbons (Fsp3) is 0.182. The Hall–Kier alpha value is -3.54. The van der Waals surface area contributed by atoms with E-state index in [4.69, 9.17) is 4.42 Å². The first kappa shape index (κ1) is 19.2. The number of hydrogen-bond acceptors (Lipinski definition) is 4. The molecule has 1 aromatic heterocycles. The molecule has 1 heterocycles. The normalized spacial score (nSPS) is 10.3. The lowest BCUT2D eigenvalue weighted by molar-refractivity contribution is -0.115. The zero-order valence-corrected chi connectivity index (χ0v) is 15.7. The van der Waals surface area contributed by atoms with Crippen molar-refractivity contribution < 1.29 is 14.0 Å². The Bertz CT molecular complexity index is 908. The number of nitrogens with one attached hydrogen (secondary N) is 2. The molecule has 0 spiro atoms. The number of furan rings is 1. The largest absolute Gasteiger partial charge is 0.467 e. The van der Waals surface area contributed by atoms with E-state index in [-0.39, 0.29) is 24.9 Å². The van der Waals surface area contributed by atoms with E-state index in [2.05, 4.69) is 10.6 Å². The van der Waals surface area contributed by atoms with E-state index >= 15 is 0 Å². The first-order chi connectivity index (χ1) is 13.7. The zero-order valence-electron chi connectivity index (χ0n) is 15.7. The van der Waals surface area contributed by atoms with Crippen molar-refractivity contribution in [2.45, 2.75) is 13.5 Å². The number of nitrogens with zero attached hydrogens (tertiary/aromatic N) is 1. The summed E-state index contributed by atoms with van der Waals surface area (Å²) in [4.78, 5) is 27.1. The molecule has 3 rings (SSSR count). The predicted molar refractivity (Wildman–Crippen MR) is 109 cm³/mol. The van der Waals surface area contributed by atoms with Crippen molar-refractivity contribution in [1.29, 1.82) is 0 Å². The van der Waals surface area contributed by atoms with Crippen molar-refractivity contribution >= 4 is 23.2 Å². The van der Waals surface area contributed by atoms with Crippen LogP contribution in [0.4, 0.5) is 11.4 Å². The molecule has 3 aromatic rings. The number of para-hydroxylation sites is 2. The Morgan fingerprint density at radius 3 is 2.43 bits per heavy atom. The van der Waals surface area contributed by atoms with Gasteiger partial charge in [-0.2, -0.15) is 0 Å². The van der Waals surface area contributed by atoms with Gasteiger partial charge in [-0.05, 0) is 43.3 Å². The molecule has 0 aliphatic carbocycles. The Kier molecular flexibility index (Phi) is 6.46. The summed E-state index contributed by atoms with van der Waals surface area (Å²) in [6.45, 7) is 3.17. The van der Waals surface area contributed by atoms with Crippen molar-refractivity contribution in [2.75, 3.05) is 23.3 Å². The van der Waals surface area contributed by atoms with Crippen LogP contribution in [0.3, 0.4) is 0 Å². The maximum absolute atomic E-state index is 12.6. The van der Waals surface area contributed by atoms with Gasteiger partial charge >= 0.3 is 0 Å². The molecule has 28 heavy (non-hydrogen) atoms. The van der Waals surface area contributed by atoms with Gasteiger partial charge in [0.2, 0.25) is 5.91 Å². The molecule has 2 aromatic carbocycles. The van der Waals surface area contributed by atoms with Crippen LogP contribution in [0.1, 0.15) is 23.0 Å². The number of benzene rings is 2. The standard InChI is InChI=1S/C22H23N3O3/c1-2-25(17-9-4-3-5-10-17)16-21(26)24-20-13-7-6-12-19(20)22(27)23-15-18-11-8-14-28-18/h3-14H,2,15-16H2,1H3,(H,23,27)(H,24,26). The monoisotopic (exact) mass is 377 g/mol. The molecule has 0 unspecified atom stereocenters. The van der Waals surface area contributed by atoms with Gasteiger partial charge < -0.3 is 20.0 Å². The second kappa shape index (κ2) is 9.41. The second-order valence-electron chi connectivity index (χ2n) is 6.21.